The Balaban J connectivity index is 2.79. The van der Waals surface area contributed by atoms with E-state index in [-0.39, 0.29) is 18.6 Å². The molecule has 6 heteroatoms. The van der Waals surface area contributed by atoms with Crippen molar-refractivity contribution in [3.05, 3.63) is 17.2 Å². The lowest BCUT2D eigenvalue weighted by Crippen LogP contribution is -2.20. The highest BCUT2D eigenvalue weighted by molar-refractivity contribution is 6.32. The molecule has 5 nitrogen and oxygen atoms in total. The first-order valence-electron chi connectivity index (χ1n) is 5.82. The number of halogens is 1. The van der Waals surface area contributed by atoms with E-state index < -0.39 is 0 Å². The zero-order valence-corrected chi connectivity index (χ0v) is 12.2. The van der Waals surface area contributed by atoms with Crippen LogP contribution in [-0.4, -0.2) is 32.8 Å². The summed E-state index contributed by atoms with van der Waals surface area (Å²) >= 11 is 5.99. The molecule has 0 aliphatic rings. The largest absolute Gasteiger partial charge is 0.495 e. The molecule has 19 heavy (non-hydrogen) atoms. The molecule has 1 aromatic carbocycles. The molecule has 0 aromatic heterocycles. The third-order valence-corrected chi connectivity index (χ3v) is 2.56. The third kappa shape index (κ3) is 4.52. The standard InChI is InChI=1S/C13H18ClNO4/c1-8(2)19-13(16)7-15-10-6-11(17-3)9(14)5-12(10)18-4/h5-6,8,15H,7H2,1-4H3. The van der Waals surface area contributed by atoms with Crippen LogP contribution in [0.15, 0.2) is 12.1 Å². The fraction of sp³-hybridized carbons (Fsp3) is 0.462. The number of esters is 1. The van der Waals surface area contributed by atoms with E-state index in [2.05, 4.69) is 5.32 Å². The molecule has 0 bridgehead atoms. The molecule has 0 amide bonds. The molecule has 0 heterocycles. The topological polar surface area (TPSA) is 56.8 Å². The van der Waals surface area contributed by atoms with Gasteiger partial charge in [0.15, 0.2) is 0 Å². The van der Waals surface area contributed by atoms with Gasteiger partial charge in [0.1, 0.15) is 18.0 Å². The summed E-state index contributed by atoms with van der Waals surface area (Å²) in [5.41, 5.74) is 0.615. The normalized spacial score (nSPS) is 10.2. The first-order chi connectivity index (χ1) is 8.97. The summed E-state index contributed by atoms with van der Waals surface area (Å²) in [6.45, 7) is 3.63. The first-order valence-corrected chi connectivity index (χ1v) is 6.20. The predicted molar refractivity (Wildman–Crippen MR) is 74.3 cm³/mol. The van der Waals surface area contributed by atoms with Crippen molar-refractivity contribution in [2.75, 3.05) is 26.1 Å². The summed E-state index contributed by atoms with van der Waals surface area (Å²) in [5, 5.41) is 3.37. The van der Waals surface area contributed by atoms with Gasteiger partial charge in [-0.3, -0.25) is 4.79 Å². The zero-order valence-electron chi connectivity index (χ0n) is 11.5. The Labute approximate surface area is 117 Å². The van der Waals surface area contributed by atoms with Crippen LogP contribution >= 0.6 is 11.6 Å². The summed E-state index contributed by atoms with van der Waals surface area (Å²) in [7, 11) is 3.04. The van der Waals surface area contributed by atoms with Gasteiger partial charge in [0.25, 0.3) is 0 Å². The summed E-state index contributed by atoms with van der Waals surface area (Å²) in [4.78, 5) is 11.5. The van der Waals surface area contributed by atoms with Gasteiger partial charge < -0.3 is 19.5 Å². The minimum Gasteiger partial charge on any atom is -0.495 e. The van der Waals surface area contributed by atoms with Crippen LogP contribution in [0.4, 0.5) is 5.69 Å². The van der Waals surface area contributed by atoms with Crippen LogP contribution in [0.3, 0.4) is 0 Å². The van der Waals surface area contributed by atoms with E-state index in [1.807, 2.05) is 0 Å². The molecule has 0 fully saturated rings. The Morgan fingerprint density at radius 2 is 1.89 bits per heavy atom. The van der Waals surface area contributed by atoms with Crippen molar-refractivity contribution in [1.29, 1.82) is 0 Å². The van der Waals surface area contributed by atoms with Gasteiger partial charge in [-0.1, -0.05) is 11.6 Å². The van der Waals surface area contributed by atoms with Crippen molar-refractivity contribution in [3.63, 3.8) is 0 Å². The Morgan fingerprint density at radius 1 is 1.26 bits per heavy atom. The Morgan fingerprint density at radius 3 is 2.42 bits per heavy atom. The van der Waals surface area contributed by atoms with Crippen molar-refractivity contribution in [1.82, 2.24) is 0 Å². The summed E-state index contributed by atoms with van der Waals surface area (Å²) < 4.78 is 15.3. The van der Waals surface area contributed by atoms with Crippen LogP contribution in [-0.2, 0) is 9.53 Å². The zero-order chi connectivity index (χ0) is 14.4. The van der Waals surface area contributed by atoms with Crippen molar-refractivity contribution >= 4 is 23.3 Å². The van der Waals surface area contributed by atoms with Gasteiger partial charge in [-0.05, 0) is 13.8 Å². The molecule has 0 saturated heterocycles. The van der Waals surface area contributed by atoms with Gasteiger partial charge in [0.2, 0.25) is 0 Å². The van der Waals surface area contributed by atoms with Crippen LogP contribution < -0.4 is 14.8 Å². The number of benzene rings is 1. The van der Waals surface area contributed by atoms with Crippen molar-refractivity contribution < 1.29 is 19.0 Å². The number of ether oxygens (including phenoxy) is 3. The molecule has 0 spiro atoms. The van der Waals surface area contributed by atoms with Crippen molar-refractivity contribution in [3.8, 4) is 11.5 Å². The molecule has 1 N–H and O–H groups in total. The van der Waals surface area contributed by atoms with Crippen LogP contribution in [0.25, 0.3) is 0 Å². The number of hydrogen-bond donors (Lipinski definition) is 1. The molecule has 0 aliphatic heterocycles. The Bertz CT molecular complexity index is 449. The Kier molecular flexibility index (Phi) is 5.76. The molecule has 1 aromatic rings. The van der Waals surface area contributed by atoms with E-state index in [9.17, 15) is 4.79 Å². The Hall–Kier alpha value is -1.62. The number of hydrogen-bond acceptors (Lipinski definition) is 5. The predicted octanol–water partition coefficient (Wildman–Crippen LogP) is 2.72. The van der Waals surface area contributed by atoms with Crippen molar-refractivity contribution in [2.45, 2.75) is 20.0 Å². The minimum absolute atomic E-state index is 0.0410. The van der Waals surface area contributed by atoms with E-state index in [1.54, 1.807) is 26.0 Å². The maximum atomic E-state index is 11.5. The first kappa shape index (κ1) is 15.4. The van der Waals surface area contributed by atoms with E-state index in [1.165, 1.54) is 14.2 Å². The van der Waals surface area contributed by atoms with Crippen molar-refractivity contribution in [2.24, 2.45) is 0 Å². The van der Waals surface area contributed by atoms with Gasteiger partial charge in [-0.15, -0.1) is 0 Å². The van der Waals surface area contributed by atoms with Gasteiger partial charge in [-0.25, -0.2) is 0 Å². The minimum atomic E-state index is -0.342. The second-order valence-corrected chi connectivity index (χ2v) is 4.49. The molecular weight excluding hydrogens is 270 g/mol. The van der Waals surface area contributed by atoms with Crippen LogP contribution in [0.1, 0.15) is 13.8 Å². The summed E-state index contributed by atoms with van der Waals surface area (Å²) in [6, 6.07) is 3.29. The highest BCUT2D eigenvalue weighted by atomic mass is 35.5. The average molecular weight is 288 g/mol. The molecule has 0 saturated carbocycles. The lowest BCUT2D eigenvalue weighted by atomic mass is 10.2. The quantitative estimate of drug-likeness (QED) is 0.815. The molecular formula is C13H18ClNO4. The number of nitrogens with one attached hydrogen (secondary N) is 1. The number of carbonyl (C=O) groups is 1. The summed E-state index contributed by atoms with van der Waals surface area (Å²) in [5.74, 6) is 0.691. The molecule has 0 aliphatic carbocycles. The molecule has 0 unspecified atom stereocenters. The molecule has 1 rings (SSSR count). The number of anilines is 1. The maximum Gasteiger partial charge on any atom is 0.325 e. The monoisotopic (exact) mass is 287 g/mol. The number of methoxy groups -OCH3 is 2. The van der Waals surface area contributed by atoms with Crippen LogP contribution in [0.5, 0.6) is 11.5 Å². The van der Waals surface area contributed by atoms with E-state index in [0.29, 0.717) is 22.2 Å². The molecule has 0 atom stereocenters. The van der Waals surface area contributed by atoms with Gasteiger partial charge in [0.05, 0.1) is 31.0 Å². The van der Waals surface area contributed by atoms with Crippen LogP contribution in [0.2, 0.25) is 5.02 Å². The smallest absolute Gasteiger partial charge is 0.325 e. The fourth-order valence-electron chi connectivity index (χ4n) is 1.47. The number of carbonyl (C=O) groups excluding carboxylic acids is 1. The SMILES string of the molecule is COc1cc(NCC(=O)OC(C)C)c(OC)cc1Cl. The van der Waals surface area contributed by atoms with E-state index >= 15 is 0 Å². The number of rotatable bonds is 6. The van der Waals surface area contributed by atoms with Gasteiger partial charge in [0, 0.05) is 12.1 Å². The second kappa shape index (κ2) is 7.09. The van der Waals surface area contributed by atoms with Gasteiger partial charge in [-0.2, -0.15) is 0 Å². The fourth-order valence-corrected chi connectivity index (χ4v) is 1.70. The highest BCUT2D eigenvalue weighted by Crippen LogP contribution is 2.35. The highest BCUT2D eigenvalue weighted by Gasteiger charge is 2.12. The molecule has 0 radical (unpaired) electrons. The molecule has 106 valence electrons. The lowest BCUT2D eigenvalue weighted by Gasteiger charge is -2.14. The average Bonchev–Trinajstić information content (AvgIpc) is 2.35. The van der Waals surface area contributed by atoms with E-state index in [4.69, 9.17) is 25.8 Å². The van der Waals surface area contributed by atoms with Gasteiger partial charge >= 0.3 is 5.97 Å². The maximum absolute atomic E-state index is 11.5. The lowest BCUT2D eigenvalue weighted by molar-refractivity contribution is -0.145. The second-order valence-electron chi connectivity index (χ2n) is 4.08. The summed E-state index contributed by atoms with van der Waals surface area (Å²) in [6.07, 6.45) is -0.143. The van der Waals surface area contributed by atoms with Crippen LogP contribution in [0, 0.1) is 0 Å². The van der Waals surface area contributed by atoms with E-state index in [0.717, 1.165) is 0 Å². The third-order valence-electron chi connectivity index (χ3n) is 2.26.